The minimum absolute atomic E-state index is 0.454. The van der Waals surface area contributed by atoms with Crippen molar-refractivity contribution in [1.82, 2.24) is 4.98 Å². The second kappa shape index (κ2) is 4.96. The summed E-state index contributed by atoms with van der Waals surface area (Å²) in [5.41, 5.74) is -3.79. The van der Waals surface area contributed by atoms with Gasteiger partial charge in [-0.3, -0.25) is 4.98 Å². The Balaban J connectivity index is 3.63. The number of aromatic nitrogens is 1. The first kappa shape index (κ1) is 13.8. The van der Waals surface area contributed by atoms with Gasteiger partial charge in [-0.2, -0.15) is 18.4 Å². The molecule has 92 valence electrons. The molecule has 0 aliphatic rings. The van der Waals surface area contributed by atoms with E-state index in [0.717, 1.165) is 0 Å². The van der Waals surface area contributed by atoms with E-state index < -0.39 is 40.3 Å². The van der Waals surface area contributed by atoms with Crippen LogP contribution in [0.5, 0.6) is 0 Å². The van der Waals surface area contributed by atoms with E-state index in [9.17, 15) is 22.0 Å². The molecule has 0 amide bonds. The van der Waals surface area contributed by atoms with Gasteiger partial charge in [0.25, 0.3) is 6.43 Å². The first-order valence-electron chi connectivity index (χ1n) is 4.16. The van der Waals surface area contributed by atoms with Crippen LogP contribution in [0.3, 0.4) is 0 Å². The predicted molar refractivity (Wildman–Crippen MR) is 51.5 cm³/mol. The maximum Gasteiger partial charge on any atom is 0.418 e. The number of pyridine rings is 1. The van der Waals surface area contributed by atoms with E-state index in [4.69, 9.17) is 5.26 Å². The monoisotopic (exact) mass is 314 g/mol. The number of halogens is 6. The Labute approximate surface area is 101 Å². The Hall–Kier alpha value is -1.23. The topological polar surface area (TPSA) is 36.7 Å². The number of nitrogens with zero attached hydrogens (tertiary/aromatic N) is 2. The first-order valence-corrected chi connectivity index (χ1v) is 5.28. The van der Waals surface area contributed by atoms with Gasteiger partial charge in [-0.05, 0) is 0 Å². The Morgan fingerprint density at radius 1 is 1.41 bits per heavy atom. The molecule has 17 heavy (non-hydrogen) atoms. The standard InChI is InChI=1S/C9H4BrF5N2/c10-1-5-6(9(13,14)15)4(2-16)3-17-7(5)8(11)12/h3,8H,1H2. The lowest BCUT2D eigenvalue weighted by Gasteiger charge is -2.15. The summed E-state index contributed by atoms with van der Waals surface area (Å²) >= 11 is 2.70. The molecule has 1 aromatic heterocycles. The van der Waals surface area contributed by atoms with Crippen LogP contribution < -0.4 is 0 Å². The van der Waals surface area contributed by atoms with E-state index in [0.29, 0.717) is 6.20 Å². The summed E-state index contributed by atoms with van der Waals surface area (Å²) in [7, 11) is 0. The van der Waals surface area contributed by atoms with Crippen LogP contribution in [0.25, 0.3) is 0 Å². The smallest absolute Gasteiger partial charge is 0.254 e. The number of hydrogen-bond acceptors (Lipinski definition) is 2. The number of rotatable bonds is 2. The molecule has 0 saturated carbocycles. The molecule has 0 N–H and O–H groups in total. The molecule has 1 rings (SSSR count). The zero-order valence-electron chi connectivity index (χ0n) is 8.02. The minimum atomic E-state index is -4.87. The molecule has 0 spiro atoms. The van der Waals surface area contributed by atoms with Gasteiger partial charge in [-0.15, -0.1) is 0 Å². The van der Waals surface area contributed by atoms with Crippen molar-refractivity contribution in [2.24, 2.45) is 0 Å². The van der Waals surface area contributed by atoms with Crippen LogP contribution in [-0.2, 0) is 11.5 Å². The SMILES string of the molecule is N#Cc1cnc(C(F)F)c(CBr)c1C(F)(F)F. The highest BCUT2D eigenvalue weighted by Crippen LogP contribution is 2.38. The van der Waals surface area contributed by atoms with Crippen molar-refractivity contribution < 1.29 is 22.0 Å². The van der Waals surface area contributed by atoms with Gasteiger partial charge in [0.1, 0.15) is 11.8 Å². The largest absolute Gasteiger partial charge is 0.418 e. The molecule has 0 fully saturated rings. The van der Waals surface area contributed by atoms with Crippen molar-refractivity contribution in [2.75, 3.05) is 0 Å². The summed E-state index contributed by atoms with van der Waals surface area (Å²) in [5, 5.41) is 8.08. The third kappa shape index (κ3) is 2.72. The zero-order valence-corrected chi connectivity index (χ0v) is 9.61. The normalized spacial score (nSPS) is 11.6. The molecule has 0 aromatic carbocycles. The summed E-state index contributed by atoms with van der Waals surface area (Å²) in [6, 6.07) is 1.29. The second-order valence-corrected chi connectivity index (χ2v) is 3.52. The minimum Gasteiger partial charge on any atom is -0.254 e. The lowest BCUT2D eigenvalue weighted by Crippen LogP contribution is -2.14. The van der Waals surface area contributed by atoms with Gasteiger partial charge in [-0.25, -0.2) is 8.78 Å². The summed E-state index contributed by atoms with van der Waals surface area (Å²) in [6.07, 6.45) is -7.49. The quantitative estimate of drug-likeness (QED) is 0.615. The summed E-state index contributed by atoms with van der Waals surface area (Å²) in [5.74, 6) is 0. The van der Waals surface area contributed by atoms with Gasteiger partial charge in [-0.1, -0.05) is 15.9 Å². The lowest BCUT2D eigenvalue weighted by molar-refractivity contribution is -0.138. The summed E-state index contributed by atoms with van der Waals surface area (Å²) < 4.78 is 63.0. The molecule has 1 aromatic rings. The second-order valence-electron chi connectivity index (χ2n) is 2.95. The maximum atomic E-state index is 12.7. The van der Waals surface area contributed by atoms with E-state index in [1.807, 2.05) is 0 Å². The molecule has 0 aliphatic heterocycles. The van der Waals surface area contributed by atoms with E-state index >= 15 is 0 Å². The average molecular weight is 315 g/mol. The molecule has 2 nitrogen and oxygen atoms in total. The predicted octanol–water partition coefficient (Wildman–Crippen LogP) is 3.80. The van der Waals surface area contributed by atoms with E-state index in [2.05, 4.69) is 20.9 Å². The van der Waals surface area contributed by atoms with Crippen LogP contribution in [0.15, 0.2) is 6.20 Å². The van der Waals surface area contributed by atoms with Crippen molar-refractivity contribution in [2.45, 2.75) is 17.9 Å². The van der Waals surface area contributed by atoms with Gasteiger partial charge in [0, 0.05) is 17.1 Å². The molecular weight excluding hydrogens is 311 g/mol. The van der Waals surface area contributed by atoms with Crippen LogP contribution in [0.2, 0.25) is 0 Å². The number of nitriles is 1. The molecular formula is C9H4BrF5N2. The Morgan fingerprint density at radius 2 is 2.00 bits per heavy atom. The van der Waals surface area contributed by atoms with Crippen molar-refractivity contribution in [1.29, 1.82) is 5.26 Å². The van der Waals surface area contributed by atoms with E-state index in [1.54, 1.807) is 0 Å². The fraction of sp³-hybridized carbons (Fsp3) is 0.333. The Kier molecular flexibility index (Phi) is 4.03. The molecule has 8 heteroatoms. The van der Waals surface area contributed by atoms with Gasteiger partial charge in [0.05, 0.1) is 11.1 Å². The average Bonchev–Trinajstić information content (AvgIpc) is 2.25. The van der Waals surface area contributed by atoms with E-state index in [-0.39, 0.29) is 0 Å². The van der Waals surface area contributed by atoms with Crippen LogP contribution >= 0.6 is 15.9 Å². The lowest BCUT2D eigenvalue weighted by atomic mass is 10.0. The third-order valence-electron chi connectivity index (χ3n) is 1.96. The molecule has 0 radical (unpaired) electrons. The van der Waals surface area contributed by atoms with E-state index in [1.165, 1.54) is 6.07 Å². The van der Waals surface area contributed by atoms with Crippen molar-refractivity contribution in [3.05, 3.63) is 28.6 Å². The fourth-order valence-corrected chi connectivity index (χ4v) is 1.87. The number of alkyl halides is 6. The van der Waals surface area contributed by atoms with Crippen molar-refractivity contribution in [3.63, 3.8) is 0 Å². The summed E-state index contributed by atoms with van der Waals surface area (Å²) in [6.45, 7) is 0. The molecule has 0 unspecified atom stereocenters. The molecule has 0 bridgehead atoms. The van der Waals surface area contributed by atoms with Crippen LogP contribution in [0.4, 0.5) is 22.0 Å². The van der Waals surface area contributed by atoms with Crippen LogP contribution in [0, 0.1) is 11.3 Å². The highest BCUT2D eigenvalue weighted by atomic mass is 79.9. The van der Waals surface area contributed by atoms with Crippen LogP contribution in [0.1, 0.15) is 28.8 Å². The molecule has 0 saturated heterocycles. The number of hydrogen-bond donors (Lipinski definition) is 0. The van der Waals surface area contributed by atoms with Gasteiger partial charge >= 0.3 is 6.18 Å². The maximum absolute atomic E-state index is 12.7. The Bertz CT molecular complexity index is 464. The first-order chi connectivity index (χ1) is 7.82. The third-order valence-corrected chi connectivity index (χ3v) is 2.52. The van der Waals surface area contributed by atoms with Crippen molar-refractivity contribution >= 4 is 15.9 Å². The highest BCUT2D eigenvalue weighted by molar-refractivity contribution is 9.08. The summed E-state index contributed by atoms with van der Waals surface area (Å²) in [4.78, 5) is 3.19. The highest BCUT2D eigenvalue weighted by Gasteiger charge is 2.38. The van der Waals surface area contributed by atoms with Gasteiger partial charge in [0.2, 0.25) is 0 Å². The Morgan fingerprint density at radius 3 is 2.35 bits per heavy atom. The fourth-order valence-electron chi connectivity index (χ4n) is 1.30. The van der Waals surface area contributed by atoms with Gasteiger partial charge < -0.3 is 0 Å². The van der Waals surface area contributed by atoms with Crippen LogP contribution in [-0.4, -0.2) is 4.98 Å². The van der Waals surface area contributed by atoms with Crippen molar-refractivity contribution in [3.8, 4) is 6.07 Å². The molecule has 0 aliphatic carbocycles. The molecule has 0 atom stereocenters. The van der Waals surface area contributed by atoms with Gasteiger partial charge in [0.15, 0.2) is 0 Å². The molecule has 1 heterocycles. The zero-order chi connectivity index (χ0) is 13.2.